The molecule has 0 bridgehead atoms. The van der Waals surface area contributed by atoms with Crippen molar-refractivity contribution < 1.29 is 14.4 Å². The van der Waals surface area contributed by atoms with Crippen LogP contribution in [0.2, 0.25) is 0 Å². The Balaban J connectivity index is 1.49. The van der Waals surface area contributed by atoms with E-state index in [2.05, 4.69) is 20.3 Å². The Hall–Kier alpha value is -3.88. The third-order valence-electron chi connectivity index (χ3n) is 4.17. The van der Waals surface area contributed by atoms with Gasteiger partial charge >= 0.3 is 0 Å². The molecule has 0 unspecified atom stereocenters. The first kappa shape index (κ1) is 16.6. The van der Waals surface area contributed by atoms with E-state index < -0.39 is 24.3 Å². The van der Waals surface area contributed by atoms with Crippen molar-refractivity contribution in [1.82, 2.24) is 24.4 Å². The van der Waals surface area contributed by atoms with Gasteiger partial charge in [-0.1, -0.05) is 12.1 Å². The molecule has 9 heteroatoms. The van der Waals surface area contributed by atoms with E-state index >= 15 is 0 Å². The number of aromatic nitrogens is 4. The average molecular weight is 362 g/mol. The first-order valence-corrected chi connectivity index (χ1v) is 8.12. The lowest BCUT2D eigenvalue weighted by atomic mass is 10.1. The number of carbonyl (C=O) groups is 3. The largest absolute Gasteiger partial charge is 0.309 e. The van der Waals surface area contributed by atoms with Crippen LogP contribution in [0.25, 0.3) is 5.82 Å². The first-order valence-electron chi connectivity index (χ1n) is 8.12. The Morgan fingerprint density at radius 3 is 2.41 bits per heavy atom. The molecule has 4 rings (SSSR count). The van der Waals surface area contributed by atoms with E-state index in [0.717, 1.165) is 10.7 Å². The van der Waals surface area contributed by atoms with Crippen LogP contribution in [-0.2, 0) is 4.79 Å². The Morgan fingerprint density at radius 1 is 1.07 bits per heavy atom. The Kier molecular flexibility index (Phi) is 3.96. The SMILES string of the molecule is Cc1nccn1-c1cc(NC(=O)CN2C(=O)c3ccccc3C2=O)ncn1. The maximum absolute atomic E-state index is 12.3. The first-order chi connectivity index (χ1) is 13.0. The molecule has 3 amide bonds. The fourth-order valence-electron chi connectivity index (χ4n) is 2.88. The highest BCUT2D eigenvalue weighted by Crippen LogP contribution is 2.22. The minimum atomic E-state index is -0.531. The summed E-state index contributed by atoms with van der Waals surface area (Å²) in [5, 5.41) is 2.59. The molecule has 0 saturated carbocycles. The van der Waals surface area contributed by atoms with Crippen LogP contribution in [0.5, 0.6) is 0 Å². The second kappa shape index (κ2) is 6.45. The quantitative estimate of drug-likeness (QED) is 0.699. The van der Waals surface area contributed by atoms with Crippen LogP contribution in [0.3, 0.4) is 0 Å². The lowest BCUT2D eigenvalue weighted by Gasteiger charge is -2.13. The Morgan fingerprint density at radius 2 is 1.78 bits per heavy atom. The average Bonchev–Trinajstić information content (AvgIpc) is 3.20. The smallest absolute Gasteiger partial charge is 0.262 e. The van der Waals surface area contributed by atoms with Gasteiger partial charge in [-0.25, -0.2) is 15.0 Å². The van der Waals surface area contributed by atoms with E-state index in [1.807, 2.05) is 6.92 Å². The van der Waals surface area contributed by atoms with Crippen LogP contribution >= 0.6 is 0 Å². The fraction of sp³-hybridized carbons (Fsp3) is 0.111. The molecule has 0 fully saturated rings. The summed E-state index contributed by atoms with van der Waals surface area (Å²) in [6, 6.07) is 8.06. The third kappa shape index (κ3) is 2.95. The van der Waals surface area contributed by atoms with Crippen molar-refractivity contribution >= 4 is 23.5 Å². The predicted octanol–water partition coefficient (Wildman–Crippen LogP) is 1.21. The van der Waals surface area contributed by atoms with Crippen LogP contribution in [0.15, 0.2) is 49.1 Å². The molecule has 3 aromatic rings. The van der Waals surface area contributed by atoms with E-state index in [9.17, 15) is 14.4 Å². The maximum Gasteiger partial charge on any atom is 0.262 e. The lowest BCUT2D eigenvalue weighted by Crippen LogP contribution is -2.37. The number of hydrogen-bond acceptors (Lipinski definition) is 6. The van der Waals surface area contributed by atoms with Crippen LogP contribution in [0.4, 0.5) is 5.82 Å². The summed E-state index contributed by atoms with van der Waals surface area (Å²) < 4.78 is 1.74. The van der Waals surface area contributed by atoms with E-state index in [4.69, 9.17) is 0 Å². The van der Waals surface area contributed by atoms with Crippen LogP contribution < -0.4 is 5.32 Å². The number of benzene rings is 1. The topological polar surface area (TPSA) is 110 Å². The summed E-state index contributed by atoms with van der Waals surface area (Å²) >= 11 is 0. The summed E-state index contributed by atoms with van der Waals surface area (Å²) in [4.78, 5) is 50.2. The molecule has 0 saturated heterocycles. The molecule has 0 aliphatic carbocycles. The highest BCUT2D eigenvalue weighted by molar-refractivity contribution is 6.22. The molecule has 3 heterocycles. The summed E-state index contributed by atoms with van der Waals surface area (Å²) in [7, 11) is 0. The number of hydrogen-bond donors (Lipinski definition) is 1. The van der Waals surface area contributed by atoms with Gasteiger partial charge < -0.3 is 5.32 Å². The fourth-order valence-corrected chi connectivity index (χ4v) is 2.88. The summed E-state index contributed by atoms with van der Waals surface area (Å²) in [5.41, 5.74) is 0.602. The van der Waals surface area contributed by atoms with Crippen molar-refractivity contribution in [2.45, 2.75) is 6.92 Å². The van der Waals surface area contributed by atoms with Gasteiger partial charge in [0.1, 0.15) is 30.3 Å². The van der Waals surface area contributed by atoms with E-state index in [1.165, 1.54) is 6.33 Å². The van der Waals surface area contributed by atoms with Gasteiger partial charge in [-0.15, -0.1) is 0 Å². The minimum Gasteiger partial charge on any atom is -0.309 e. The van der Waals surface area contributed by atoms with Gasteiger partial charge in [0.15, 0.2) is 0 Å². The molecule has 1 N–H and O–H groups in total. The number of carbonyl (C=O) groups excluding carboxylic acids is 3. The van der Waals surface area contributed by atoms with Crippen molar-refractivity contribution in [2.24, 2.45) is 0 Å². The zero-order valence-corrected chi connectivity index (χ0v) is 14.3. The lowest BCUT2D eigenvalue weighted by molar-refractivity contribution is -0.116. The molecular formula is C18H14N6O3. The van der Waals surface area contributed by atoms with Crippen LogP contribution in [0, 0.1) is 6.92 Å². The number of aryl methyl sites for hydroxylation is 1. The molecule has 1 aliphatic rings. The molecule has 27 heavy (non-hydrogen) atoms. The number of rotatable bonds is 4. The molecule has 1 aromatic carbocycles. The highest BCUT2D eigenvalue weighted by Gasteiger charge is 2.36. The molecule has 0 spiro atoms. The van der Waals surface area contributed by atoms with Crippen molar-refractivity contribution in [1.29, 1.82) is 0 Å². The normalized spacial score (nSPS) is 13.0. The zero-order chi connectivity index (χ0) is 19.0. The Labute approximate surface area is 153 Å². The number of nitrogens with zero attached hydrogens (tertiary/aromatic N) is 5. The minimum absolute atomic E-state index is 0.259. The number of amides is 3. The molecule has 0 atom stereocenters. The van der Waals surface area contributed by atoms with E-state index in [1.54, 1.807) is 47.3 Å². The number of nitrogens with one attached hydrogen (secondary N) is 1. The van der Waals surface area contributed by atoms with Crippen molar-refractivity contribution in [3.8, 4) is 5.82 Å². The third-order valence-corrected chi connectivity index (χ3v) is 4.17. The second-order valence-electron chi connectivity index (χ2n) is 5.90. The van der Waals surface area contributed by atoms with Gasteiger partial charge in [0.25, 0.3) is 11.8 Å². The van der Waals surface area contributed by atoms with Gasteiger partial charge in [-0.3, -0.25) is 23.9 Å². The van der Waals surface area contributed by atoms with Gasteiger partial charge in [0.05, 0.1) is 11.1 Å². The van der Waals surface area contributed by atoms with Gasteiger partial charge in [0, 0.05) is 18.5 Å². The molecule has 1 aliphatic heterocycles. The van der Waals surface area contributed by atoms with Crippen molar-refractivity contribution in [2.75, 3.05) is 11.9 Å². The maximum atomic E-state index is 12.3. The number of anilines is 1. The number of fused-ring (bicyclic) bond motifs is 1. The Bertz CT molecular complexity index is 1040. The molecule has 9 nitrogen and oxygen atoms in total. The molecule has 0 radical (unpaired) electrons. The predicted molar refractivity (Wildman–Crippen MR) is 94.3 cm³/mol. The summed E-state index contributed by atoms with van der Waals surface area (Å²) in [6.45, 7) is 1.43. The highest BCUT2D eigenvalue weighted by atomic mass is 16.2. The molecule has 134 valence electrons. The van der Waals surface area contributed by atoms with Gasteiger partial charge in [0.2, 0.25) is 5.91 Å². The van der Waals surface area contributed by atoms with Crippen LogP contribution in [-0.4, -0.2) is 48.7 Å². The summed E-state index contributed by atoms with van der Waals surface area (Å²) in [5.74, 6) is 0.0329. The van der Waals surface area contributed by atoms with Gasteiger partial charge in [-0.05, 0) is 19.1 Å². The molecule has 2 aromatic heterocycles. The van der Waals surface area contributed by atoms with Gasteiger partial charge in [-0.2, -0.15) is 0 Å². The molecular weight excluding hydrogens is 348 g/mol. The van der Waals surface area contributed by atoms with E-state index in [0.29, 0.717) is 16.9 Å². The number of imidazole rings is 1. The van der Waals surface area contributed by atoms with Crippen LogP contribution in [0.1, 0.15) is 26.5 Å². The van der Waals surface area contributed by atoms with Crippen molar-refractivity contribution in [3.63, 3.8) is 0 Å². The monoisotopic (exact) mass is 362 g/mol. The summed E-state index contributed by atoms with van der Waals surface area (Å²) in [6.07, 6.45) is 4.69. The van der Waals surface area contributed by atoms with E-state index in [-0.39, 0.29) is 5.82 Å². The zero-order valence-electron chi connectivity index (χ0n) is 14.3. The number of imide groups is 1. The van der Waals surface area contributed by atoms with Crippen molar-refractivity contribution in [3.05, 3.63) is 66.0 Å². The second-order valence-corrected chi connectivity index (χ2v) is 5.90. The standard InChI is InChI=1S/C18H14N6O3/c1-11-19-6-7-23(11)15-8-14(20-10-21-15)22-16(25)9-24-17(26)12-4-2-3-5-13(12)18(24)27/h2-8,10H,9H2,1H3,(H,20,21,22,25).